The Hall–Kier alpha value is -3.78. The number of hydrogen-bond donors (Lipinski definition) is 5. The van der Waals surface area contributed by atoms with Crippen LogP contribution in [0, 0.1) is 5.21 Å². The Morgan fingerprint density at radius 2 is 2.06 bits per heavy atom. The molecule has 13 heteroatoms. The van der Waals surface area contributed by atoms with Crippen molar-refractivity contribution in [2.75, 3.05) is 12.3 Å². The van der Waals surface area contributed by atoms with Gasteiger partial charge in [0.05, 0.1) is 6.61 Å². The number of hydrogen-bond acceptors (Lipinski definition) is 9. The van der Waals surface area contributed by atoms with Gasteiger partial charge in [-0.1, -0.05) is 23.2 Å². The van der Waals surface area contributed by atoms with E-state index in [1.165, 1.54) is 27.8 Å². The van der Waals surface area contributed by atoms with Gasteiger partial charge in [-0.05, 0) is 12.1 Å². The number of nitrogens with zero attached hydrogens (tertiary/aromatic N) is 5. The molecule has 0 saturated carbocycles. The Morgan fingerprint density at radius 3 is 2.81 bits per heavy atom. The third-order valence-corrected chi connectivity index (χ3v) is 5.39. The topological polar surface area (TPSA) is 191 Å². The quantitative estimate of drug-likeness (QED) is 0.223. The lowest BCUT2D eigenvalue weighted by Gasteiger charge is -2.13. The van der Waals surface area contributed by atoms with E-state index in [-0.39, 0.29) is 17.1 Å². The summed E-state index contributed by atoms with van der Waals surface area (Å²) in [5.41, 5.74) is 5.55. The first-order valence-electron chi connectivity index (χ1n) is 9.66. The van der Waals surface area contributed by atoms with Crippen molar-refractivity contribution in [3.8, 4) is 0 Å². The smallest absolute Gasteiger partial charge is 0.316 e. The Bertz CT molecular complexity index is 1460. The van der Waals surface area contributed by atoms with Gasteiger partial charge in [0.25, 0.3) is 11.5 Å². The highest BCUT2D eigenvalue weighted by molar-refractivity contribution is 5.78. The third kappa shape index (κ3) is 3.03. The van der Waals surface area contributed by atoms with Crippen LogP contribution in [0.3, 0.4) is 0 Å². The molecule has 4 aromatic rings. The number of pyridine rings is 1. The van der Waals surface area contributed by atoms with Crippen molar-refractivity contribution in [2.45, 2.75) is 24.5 Å². The number of anilines is 1. The lowest BCUT2D eigenvalue weighted by molar-refractivity contribution is -0.745. The maximum Gasteiger partial charge on any atom is 0.316 e. The highest BCUT2D eigenvalue weighted by Crippen LogP contribution is 2.26. The van der Waals surface area contributed by atoms with Crippen molar-refractivity contribution >= 4 is 28.0 Å². The lowest BCUT2D eigenvalue weighted by Crippen LogP contribution is -2.46. The van der Waals surface area contributed by atoms with E-state index in [0.29, 0.717) is 21.0 Å². The van der Waals surface area contributed by atoms with Crippen LogP contribution in [0.4, 0.5) is 5.95 Å². The first-order valence-corrected chi connectivity index (χ1v) is 9.66. The molecule has 1 saturated heterocycles. The summed E-state index contributed by atoms with van der Waals surface area (Å²) in [5.74, 6) is -0.168. The molecule has 0 spiro atoms. The maximum atomic E-state index is 12.7. The average Bonchev–Trinajstić information content (AvgIpc) is 3.27. The number of nitrogens with two attached hydrogens (primary N) is 1. The maximum absolute atomic E-state index is 12.7. The predicted molar refractivity (Wildman–Crippen MR) is 110 cm³/mol. The molecule has 3 aromatic heterocycles. The molecule has 32 heavy (non-hydrogen) atoms. The highest BCUT2D eigenvalue weighted by Gasteiger charge is 2.46. The zero-order chi connectivity index (χ0) is 22.6. The van der Waals surface area contributed by atoms with E-state index in [1.807, 2.05) is 0 Å². The lowest BCUT2D eigenvalue weighted by atomic mass is 10.1. The van der Waals surface area contributed by atoms with Crippen molar-refractivity contribution in [1.29, 1.82) is 0 Å². The largest absolute Gasteiger partial charge is 0.806 e. The van der Waals surface area contributed by atoms with Crippen LogP contribution in [0.1, 0.15) is 6.23 Å². The highest BCUT2D eigenvalue weighted by atomic mass is 16.6. The zero-order valence-corrected chi connectivity index (χ0v) is 16.4. The van der Waals surface area contributed by atoms with Crippen LogP contribution in [0.15, 0.2) is 52.8 Å². The first-order chi connectivity index (χ1) is 15.4. The minimum absolute atomic E-state index is 0.000118. The fourth-order valence-electron chi connectivity index (χ4n) is 3.85. The second-order valence-corrected chi connectivity index (χ2v) is 7.36. The summed E-state index contributed by atoms with van der Waals surface area (Å²) in [6, 6.07) is 8.33. The molecule has 1 aliphatic rings. The van der Waals surface area contributed by atoms with Crippen molar-refractivity contribution in [3.05, 3.63) is 63.8 Å². The van der Waals surface area contributed by atoms with Crippen LogP contribution in [0.25, 0.3) is 22.1 Å². The number of para-hydroxylation sites is 1. The number of nitrogen functional groups attached to an aromatic ring is 1. The molecule has 0 amide bonds. The summed E-state index contributed by atoms with van der Waals surface area (Å²) in [5, 5.41) is 47.5. The number of imidazole rings is 1. The summed E-state index contributed by atoms with van der Waals surface area (Å²) in [4.78, 5) is 19.3. The minimum Gasteiger partial charge on any atom is -0.806 e. The Morgan fingerprint density at radius 1 is 1.28 bits per heavy atom. The van der Waals surface area contributed by atoms with E-state index in [9.17, 15) is 25.3 Å². The van der Waals surface area contributed by atoms with E-state index < -0.39 is 36.7 Å². The Balaban J connectivity index is 1.77. The molecule has 4 heterocycles. The molecule has 166 valence electrons. The summed E-state index contributed by atoms with van der Waals surface area (Å²) >= 11 is 0. The summed E-state index contributed by atoms with van der Waals surface area (Å²) in [6.45, 7) is -0.514. The number of aromatic nitrogens is 5. The van der Waals surface area contributed by atoms with Gasteiger partial charge in [0.1, 0.15) is 23.7 Å². The summed E-state index contributed by atoms with van der Waals surface area (Å²) < 4.78 is 8.82. The van der Waals surface area contributed by atoms with Crippen LogP contribution < -0.4 is 21.2 Å². The van der Waals surface area contributed by atoms with Gasteiger partial charge in [-0.15, -0.1) is 9.78 Å². The van der Waals surface area contributed by atoms with Gasteiger partial charge >= 0.3 is 11.2 Å². The number of fused-ring (bicyclic) bond motifs is 2. The first kappa shape index (κ1) is 20.1. The number of H-pyrrole nitrogens is 1. The van der Waals surface area contributed by atoms with Crippen LogP contribution in [0.5, 0.6) is 0 Å². The van der Waals surface area contributed by atoms with Crippen molar-refractivity contribution < 1.29 is 24.6 Å². The molecule has 0 radical (unpaired) electrons. The molecule has 1 aliphatic heterocycles. The zero-order valence-electron chi connectivity index (χ0n) is 16.4. The monoisotopic (exact) mass is 441 g/mol. The van der Waals surface area contributed by atoms with Gasteiger partial charge in [-0.3, -0.25) is 9.78 Å². The third-order valence-electron chi connectivity index (χ3n) is 5.39. The fraction of sp³-hybridized carbons (Fsp3) is 0.263. The minimum atomic E-state index is -1.41. The fourth-order valence-corrected chi connectivity index (χ4v) is 3.85. The molecular formula is C19H19N7O6. The standard InChI is InChI=1S/C19H19N7O6/c20-19-21-16-13(17(30)22-19)25(8-24(16)18-15(29)14(28)12(7-27)32-18)23-10-5-6-26(31)11-4-2-1-3-9(10)11/h1-6,8,12,14-15,18,27-29H,7H2,(H3,20,21,22,30)/b23-10-/t12-,14-,15-,18-/m1/s1. The van der Waals surface area contributed by atoms with E-state index in [0.717, 1.165) is 0 Å². The number of nitrogens with one attached hydrogen (secondary N) is 1. The van der Waals surface area contributed by atoms with Gasteiger partial charge in [0.2, 0.25) is 12.6 Å². The average molecular weight is 441 g/mol. The second kappa shape index (κ2) is 7.42. The summed E-state index contributed by atoms with van der Waals surface area (Å²) in [6.07, 6.45) is -2.28. The van der Waals surface area contributed by atoms with Gasteiger partial charge in [0.15, 0.2) is 0 Å². The Kier molecular flexibility index (Phi) is 4.67. The Labute approximate surface area is 178 Å². The van der Waals surface area contributed by atoms with Crippen molar-refractivity contribution in [1.82, 2.24) is 19.4 Å². The van der Waals surface area contributed by atoms with Crippen molar-refractivity contribution in [3.63, 3.8) is 0 Å². The van der Waals surface area contributed by atoms with Gasteiger partial charge < -0.3 is 35.7 Å². The van der Waals surface area contributed by atoms with Crippen LogP contribution in [-0.2, 0) is 4.74 Å². The van der Waals surface area contributed by atoms with E-state index in [1.54, 1.807) is 24.3 Å². The van der Waals surface area contributed by atoms with E-state index >= 15 is 0 Å². The number of benzene rings is 1. The second-order valence-electron chi connectivity index (χ2n) is 7.36. The van der Waals surface area contributed by atoms with Gasteiger partial charge in [0, 0.05) is 17.1 Å². The molecule has 5 rings (SSSR count). The SMILES string of the molecule is Nc1nc2c(c(=O)[nH]1)n(/N=c1/ccn([O-])c3ccccc13)c[n+]2[C@@H]1O[C@H](CO)[C@@H](O)[C@H]1O. The number of aliphatic hydroxyl groups is 3. The van der Waals surface area contributed by atoms with E-state index in [2.05, 4.69) is 15.1 Å². The summed E-state index contributed by atoms with van der Waals surface area (Å²) in [7, 11) is 0. The molecule has 6 N–H and O–H groups in total. The van der Waals surface area contributed by atoms with E-state index in [4.69, 9.17) is 10.5 Å². The number of aromatic amines is 1. The molecule has 4 atom stereocenters. The molecule has 0 bridgehead atoms. The normalized spacial score (nSPS) is 24.0. The van der Waals surface area contributed by atoms with Crippen LogP contribution in [-0.4, -0.2) is 59.6 Å². The molecule has 13 nitrogen and oxygen atoms in total. The predicted octanol–water partition coefficient (Wildman–Crippen LogP) is -2.13. The number of rotatable bonds is 3. The molecule has 1 fully saturated rings. The number of ether oxygens (including phenoxy) is 1. The van der Waals surface area contributed by atoms with Crippen molar-refractivity contribution in [2.24, 2.45) is 5.10 Å². The van der Waals surface area contributed by atoms with Crippen LogP contribution >= 0.6 is 0 Å². The molecular weight excluding hydrogens is 422 g/mol. The molecule has 0 unspecified atom stereocenters. The van der Waals surface area contributed by atoms with Gasteiger partial charge in [-0.2, -0.15) is 0 Å². The number of aliphatic hydroxyl groups excluding tert-OH is 3. The van der Waals surface area contributed by atoms with Crippen LogP contribution in [0.2, 0.25) is 0 Å². The van der Waals surface area contributed by atoms with Gasteiger partial charge in [-0.25, -0.2) is 4.57 Å². The molecule has 1 aromatic carbocycles. The molecule has 0 aliphatic carbocycles.